The molecule has 0 bridgehead atoms. The predicted molar refractivity (Wildman–Crippen MR) is 130 cm³/mol. The molecule has 0 aliphatic rings. The van der Waals surface area contributed by atoms with Gasteiger partial charge in [0.1, 0.15) is 0 Å². The van der Waals surface area contributed by atoms with Crippen molar-refractivity contribution in [3.05, 3.63) is 94.4 Å². The molecule has 176 valence electrons. The van der Waals surface area contributed by atoms with Gasteiger partial charge < -0.3 is 10.1 Å². The fourth-order valence-corrected chi connectivity index (χ4v) is 5.03. The van der Waals surface area contributed by atoms with Gasteiger partial charge in [-0.15, -0.1) is 11.3 Å². The van der Waals surface area contributed by atoms with Crippen LogP contribution in [0.25, 0.3) is 21.2 Å². The number of alkyl halides is 3. The van der Waals surface area contributed by atoms with Gasteiger partial charge >= 0.3 is 6.18 Å². The second kappa shape index (κ2) is 10.4. The van der Waals surface area contributed by atoms with Gasteiger partial charge in [-0.05, 0) is 59.2 Å². The number of fused-ring (bicyclic) bond motifs is 1. The van der Waals surface area contributed by atoms with E-state index in [1.54, 1.807) is 30.6 Å². The van der Waals surface area contributed by atoms with E-state index in [0.29, 0.717) is 37.1 Å². The van der Waals surface area contributed by atoms with Gasteiger partial charge in [0.05, 0.1) is 12.2 Å². The van der Waals surface area contributed by atoms with Crippen LogP contribution in [-0.4, -0.2) is 26.2 Å². The molecule has 34 heavy (non-hydrogen) atoms. The second-order valence-electron chi connectivity index (χ2n) is 7.96. The number of ether oxygens (including phenoxy) is 1. The lowest BCUT2D eigenvalue weighted by Gasteiger charge is -2.08. The van der Waals surface area contributed by atoms with E-state index in [1.807, 2.05) is 36.4 Å². The van der Waals surface area contributed by atoms with Crippen molar-refractivity contribution in [3.8, 4) is 11.1 Å². The van der Waals surface area contributed by atoms with E-state index in [2.05, 4.69) is 11.4 Å². The molecule has 1 amide bonds. The highest BCUT2D eigenvalue weighted by molar-refractivity contribution is 7.19. The van der Waals surface area contributed by atoms with Crippen LogP contribution >= 0.6 is 11.3 Å². The number of benzene rings is 3. The first-order valence-electron chi connectivity index (χ1n) is 10.9. The topological polar surface area (TPSA) is 38.3 Å². The maximum Gasteiger partial charge on any atom is 0.416 e. The van der Waals surface area contributed by atoms with Gasteiger partial charge in [-0.2, -0.15) is 13.2 Å². The van der Waals surface area contributed by atoms with Crippen LogP contribution in [0.4, 0.5) is 13.2 Å². The fraction of sp³-hybridized carbons (Fsp3) is 0.222. The number of amides is 1. The minimum absolute atomic E-state index is 0.154. The molecule has 0 atom stereocenters. The van der Waals surface area contributed by atoms with Crippen molar-refractivity contribution in [2.24, 2.45) is 0 Å². The molecule has 7 heteroatoms. The van der Waals surface area contributed by atoms with E-state index >= 15 is 0 Å². The lowest BCUT2D eigenvalue weighted by molar-refractivity contribution is -0.137. The molecule has 0 saturated carbocycles. The first-order chi connectivity index (χ1) is 16.3. The van der Waals surface area contributed by atoms with Crippen LogP contribution in [-0.2, 0) is 23.8 Å². The third-order valence-electron chi connectivity index (χ3n) is 5.54. The minimum Gasteiger partial charge on any atom is -0.383 e. The lowest BCUT2D eigenvalue weighted by Crippen LogP contribution is -2.26. The summed E-state index contributed by atoms with van der Waals surface area (Å²) in [5.41, 5.74) is 2.59. The molecule has 1 heterocycles. The smallest absolute Gasteiger partial charge is 0.383 e. The molecular weight excluding hydrogens is 459 g/mol. The summed E-state index contributed by atoms with van der Waals surface area (Å²) in [6, 6.07) is 21.1. The molecule has 0 radical (unpaired) electrons. The van der Waals surface area contributed by atoms with Gasteiger partial charge in [-0.1, -0.05) is 48.5 Å². The molecule has 0 fully saturated rings. The zero-order valence-electron chi connectivity index (χ0n) is 18.6. The van der Waals surface area contributed by atoms with Gasteiger partial charge in [-0.25, -0.2) is 0 Å². The van der Waals surface area contributed by atoms with Gasteiger partial charge in [-0.3, -0.25) is 4.79 Å². The molecule has 0 spiro atoms. The molecule has 0 saturated heterocycles. The monoisotopic (exact) mass is 483 g/mol. The molecule has 0 unspecified atom stereocenters. The third-order valence-corrected chi connectivity index (χ3v) is 6.78. The van der Waals surface area contributed by atoms with Crippen molar-refractivity contribution >= 4 is 27.3 Å². The average molecular weight is 484 g/mol. The van der Waals surface area contributed by atoms with E-state index in [4.69, 9.17) is 4.74 Å². The fourth-order valence-electron chi connectivity index (χ4n) is 3.83. The summed E-state index contributed by atoms with van der Waals surface area (Å²) in [7, 11) is 1.59. The van der Waals surface area contributed by atoms with Crippen molar-refractivity contribution < 1.29 is 22.7 Å². The molecule has 3 nitrogen and oxygen atoms in total. The second-order valence-corrected chi connectivity index (χ2v) is 9.10. The first-order valence-corrected chi connectivity index (χ1v) is 11.7. The highest BCUT2D eigenvalue weighted by atomic mass is 32.1. The van der Waals surface area contributed by atoms with Crippen LogP contribution in [0.3, 0.4) is 0 Å². The Morgan fingerprint density at radius 1 is 0.971 bits per heavy atom. The van der Waals surface area contributed by atoms with Crippen LogP contribution in [0.1, 0.15) is 26.4 Å². The summed E-state index contributed by atoms with van der Waals surface area (Å²) < 4.78 is 45.1. The summed E-state index contributed by atoms with van der Waals surface area (Å²) in [5.74, 6) is -0.154. The minimum atomic E-state index is -4.34. The molecule has 1 aromatic heterocycles. The van der Waals surface area contributed by atoms with Crippen molar-refractivity contribution in [2.75, 3.05) is 20.3 Å². The summed E-state index contributed by atoms with van der Waals surface area (Å²) in [6.45, 7) is 0.887. The zero-order valence-corrected chi connectivity index (χ0v) is 19.4. The summed E-state index contributed by atoms with van der Waals surface area (Å²) in [4.78, 5) is 13.5. The van der Waals surface area contributed by atoms with Crippen molar-refractivity contribution in [3.63, 3.8) is 0 Å². The number of hydrogen-bond donors (Lipinski definition) is 1. The average Bonchev–Trinajstić information content (AvgIpc) is 3.26. The summed E-state index contributed by atoms with van der Waals surface area (Å²) in [6.07, 6.45) is -3.15. The van der Waals surface area contributed by atoms with Gasteiger partial charge in [0.25, 0.3) is 5.91 Å². The number of rotatable bonds is 8. The van der Waals surface area contributed by atoms with E-state index < -0.39 is 11.7 Å². The molecule has 3 aromatic carbocycles. The number of halogens is 3. The molecule has 4 rings (SSSR count). The quantitative estimate of drug-likeness (QED) is 0.282. The molecule has 4 aromatic rings. The molecule has 1 N–H and O–H groups in total. The number of methoxy groups -OCH3 is 1. The van der Waals surface area contributed by atoms with Crippen molar-refractivity contribution in [1.29, 1.82) is 0 Å². The number of carbonyl (C=O) groups excluding carboxylic acids is 1. The Balaban J connectivity index is 1.55. The summed E-state index contributed by atoms with van der Waals surface area (Å²) >= 11 is 1.64. The Bertz CT molecular complexity index is 1300. The zero-order chi connectivity index (χ0) is 24.1. The van der Waals surface area contributed by atoms with E-state index in [9.17, 15) is 18.0 Å². The number of aryl methyl sites for hydroxylation is 2. The van der Waals surface area contributed by atoms with Crippen LogP contribution < -0.4 is 5.32 Å². The van der Waals surface area contributed by atoms with Crippen LogP contribution in [0.15, 0.2) is 72.8 Å². The number of carbonyl (C=O) groups is 1. The van der Waals surface area contributed by atoms with E-state index in [0.717, 1.165) is 32.2 Å². The summed E-state index contributed by atoms with van der Waals surface area (Å²) in [5, 5.41) is 3.91. The van der Waals surface area contributed by atoms with E-state index in [-0.39, 0.29) is 5.91 Å². The highest BCUT2D eigenvalue weighted by Crippen LogP contribution is 2.36. The molecule has 0 aliphatic heterocycles. The Kier molecular flexibility index (Phi) is 7.34. The van der Waals surface area contributed by atoms with Crippen molar-refractivity contribution in [1.82, 2.24) is 5.32 Å². The largest absolute Gasteiger partial charge is 0.416 e. The Morgan fingerprint density at radius 3 is 2.56 bits per heavy atom. The van der Waals surface area contributed by atoms with Crippen LogP contribution in [0.2, 0.25) is 0 Å². The standard InChI is InChI=1S/C27H24F3NO2S/c1-33-14-13-31-26(32)21-8-3-6-19(16-21)24-10-4-7-20-17-23(34-25(20)24)12-11-18-5-2-9-22(15-18)27(28,29)30/h2-10,15-17H,11-14H2,1H3,(H,31,32). The van der Waals surface area contributed by atoms with Gasteiger partial charge in [0.2, 0.25) is 0 Å². The molecule has 0 aliphatic carbocycles. The first kappa shape index (κ1) is 24.0. The van der Waals surface area contributed by atoms with Crippen LogP contribution in [0.5, 0.6) is 0 Å². The maximum atomic E-state index is 13.0. The Labute approximate surface area is 200 Å². The van der Waals surface area contributed by atoms with E-state index in [1.165, 1.54) is 12.1 Å². The Morgan fingerprint density at radius 2 is 1.76 bits per heavy atom. The third kappa shape index (κ3) is 5.66. The molecular formula is C27H24F3NO2S. The van der Waals surface area contributed by atoms with Crippen molar-refractivity contribution in [2.45, 2.75) is 19.0 Å². The number of hydrogen-bond acceptors (Lipinski definition) is 3. The Hall–Kier alpha value is -3.16. The van der Waals surface area contributed by atoms with Gasteiger partial charge in [0, 0.05) is 28.8 Å². The van der Waals surface area contributed by atoms with Gasteiger partial charge in [0.15, 0.2) is 0 Å². The number of thiophene rings is 1. The normalized spacial score (nSPS) is 11.6. The SMILES string of the molecule is COCCNC(=O)c1cccc(-c2cccc3cc(CCc4cccc(C(F)(F)F)c4)sc23)c1. The predicted octanol–water partition coefficient (Wildman–Crippen LogP) is 6.75. The maximum absolute atomic E-state index is 13.0. The van der Waals surface area contributed by atoms with Crippen LogP contribution in [0, 0.1) is 0 Å². The number of nitrogens with one attached hydrogen (secondary N) is 1. The lowest BCUT2D eigenvalue weighted by atomic mass is 10.0. The highest BCUT2D eigenvalue weighted by Gasteiger charge is 2.30.